The molecule has 0 atom stereocenters. The Morgan fingerprint density at radius 2 is 1.62 bits per heavy atom. The Hall–Kier alpha value is -0.440. The molecular formula is C12H12Br2ClN3O2S. The van der Waals surface area contributed by atoms with E-state index in [-0.39, 0.29) is 5.16 Å². The Morgan fingerprint density at radius 3 is 2.05 bits per heavy atom. The van der Waals surface area contributed by atoms with Crippen molar-refractivity contribution in [3.8, 4) is 11.4 Å². The second-order valence-corrected chi connectivity index (χ2v) is 9.70. The first-order valence-corrected chi connectivity index (χ1v) is 9.77. The van der Waals surface area contributed by atoms with Crippen LogP contribution in [0.4, 0.5) is 0 Å². The minimum absolute atomic E-state index is 0.261. The van der Waals surface area contributed by atoms with Crippen molar-refractivity contribution in [2.45, 2.75) is 31.5 Å². The molecule has 0 aliphatic heterocycles. The van der Waals surface area contributed by atoms with Gasteiger partial charge in [-0.05, 0) is 39.0 Å². The Morgan fingerprint density at radius 1 is 1.10 bits per heavy atom. The fraction of sp³-hybridized carbons (Fsp3) is 0.333. The third-order valence-electron chi connectivity index (χ3n) is 2.64. The summed E-state index contributed by atoms with van der Waals surface area (Å²) in [5.74, 6) is 0.434. The van der Waals surface area contributed by atoms with Gasteiger partial charge in [-0.25, -0.2) is 8.42 Å². The number of rotatable bonds is 2. The van der Waals surface area contributed by atoms with Crippen LogP contribution < -0.4 is 0 Å². The lowest BCUT2D eigenvalue weighted by Crippen LogP contribution is -2.25. The molecular weight excluding hydrogens is 445 g/mol. The van der Waals surface area contributed by atoms with Gasteiger partial charge in [-0.15, -0.1) is 10.2 Å². The van der Waals surface area contributed by atoms with Crippen molar-refractivity contribution in [1.29, 1.82) is 0 Å². The third-order valence-corrected chi connectivity index (χ3v) is 4.67. The second kappa shape index (κ2) is 5.64. The third kappa shape index (κ3) is 3.67. The van der Waals surface area contributed by atoms with E-state index in [1.54, 1.807) is 0 Å². The molecule has 2 aromatic rings. The van der Waals surface area contributed by atoms with Crippen molar-refractivity contribution in [2.24, 2.45) is 0 Å². The SMILES string of the molecule is CC(C)(C)n1c(-c2cc(Br)cc(Br)c2)nnc1S(=O)(=O)Cl. The van der Waals surface area contributed by atoms with Crippen LogP contribution in [-0.2, 0) is 14.6 Å². The molecule has 0 bridgehead atoms. The Labute approximate surface area is 144 Å². The summed E-state index contributed by atoms with van der Waals surface area (Å²) in [5.41, 5.74) is 0.176. The number of hydrogen-bond acceptors (Lipinski definition) is 4. The maximum Gasteiger partial charge on any atom is 0.296 e. The highest BCUT2D eigenvalue weighted by molar-refractivity contribution is 9.11. The molecule has 0 fully saturated rings. The molecule has 0 saturated carbocycles. The van der Waals surface area contributed by atoms with Crippen LogP contribution in [0.15, 0.2) is 32.3 Å². The highest BCUT2D eigenvalue weighted by Gasteiger charge is 2.30. The molecule has 5 nitrogen and oxygen atoms in total. The normalized spacial score (nSPS) is 12.7. The van der Waals surface area contributed by atoms with Crippen LogP contribution >= 0.6 is 42.5 Å². The van der Waals surface area contributed by atoms with Crippen molar-refractivity contribution >= 4 is 51.6 Å². The predicted octanol–water partition coefficient (Wildman–Crippen LogP) is 4.15. The molecule has 114 valence electrons. The Bertz CT molecular complexity index is 777. The number of nitrogens with zero attached hydrogens (tertiary/aromatic N) is 3. The van der Waals surface area contributed by atoms with Gasteiger partial charge in [-0.3, -0.25) is 4.57 Å². The van der Waals surface area contributed by atoms with Crippen molar-refractivity contribution in [2.75, 3.05) is 0 Å². The lowest BCUT2D eigenvalue weighted by atomic mass is 10.1. The first-order chi connectivity index (χ1) is 9.50. The monoisotopic (exact) mass is 455 g/mol. The maximum absolute atomic E-state index is 11.7. The van der Waals surface area contributed by atoms with Gasteiger partial charge in [-0.2, -0.15) is 0 Å². The summed E-state index contributed by atoms with van der Waals surface area (Å²) >= 11 is 6.80. The molecule has 1 aromatic carbocycles. The van der Waals surface area contributed by atoms with E-state index in [1.165, 1.54) is 4.57 Å². The van der Waals surface area contributed by atoms with Gasteiger partial charge in [0.2, 0.25) is 0 Å². The molecule has 2 rings (SSSR count). The standard InChI is InChI=1S/C12H12Br2ClN3O2S/c1-12(2,3)18-10(16-17-11(18)21(15,19)20)7-4-8(13)6-9(14)5-7/h4-6H,1-3H3. The zero-order valence-electron chi connectivity index (χ0n) is 11.4. The first-order valence-electron chi connectivity index (χ1n) is 5.87. The number of aromatic nitrogens is 3. The van der Waals surface area contributed by atoms with Gasteiger partial charge in [0.05, 0.1) is 0 Å². The highest BCUT2D eigenvalue weighted by Crippen LogP contribution is 2.32. The first kappa shape index (κ1) is 16.9. The van der Waals surface area contributed by atoms with Crippen molar-refractivity contribution in [3.05, 3.63) is 27.1 Å². The van der Waals surface area contributed by atoms with Gasteiger partial charge in [-0.1, -0.05) is 31.9 Å². The summed E-state index contributed by atoms with van der Waals surface area (Å²) < 4.78 is 26.6. The van der Waals surface area contributed by atoms with E-state index in [4.69, 9.17) is 10.7 Å². The van der Waals surface area contributed by atoms with E-state index >= 15 is 0 Å². The lowest BCUT2D eigenvalue weighted by molar-refractivity contribution is 0.367. The van der Waals surface area contributed by atoms with Crippen LogP contribution in [0.3, 0.4) is 0 Å². The molecule has 0 amide bonds. The molecule has 1 aromatic heterocycles. The average Bonchev–Trinajstić information content (AvgIpc) is 2.70. The van der Waals surface area contributed by atoms with Crippen LogP contribution in [0.1, 0.15) is 20.8 Å². The number of halogens is 3. The number of benzene rings is 1. The van der Waals surface area contributed by atoms with E-state index in [9.17, 15) is 8.42 Å². The molecule has 0 N–H and O–H groups in total. The molecule has 9 heteroatoms. The van der Waals surface area contributed by atoms with E-state index in [0.29, 0.717) is 5.82 Å². The zero-order valence-corrected chi connectivity index (χ0v) is 16.2. The fourth-order valence-corrected chi connectivity index (χ4v) is 4.21. The Kier molecular flexibility index (Phi) is 4.55. The second-order valence-electron chi connectivity index (χ2n) is 5.41. The van der Waals surface area contributed by atoms with Crippen LogP contribution in [-0.4, -0.2) is 23.2 Å². The quantitative estimate of drug-likeness (QED) is 0.636. The van der Waals surface area contributed by atoms with E-state index < -0.39 is 14.6 Å². The molecule has 0 radical (unpaired) electrons. The van der Waals surface area contributed by atoms with Gasteiger partial charge in [0.1, 0.15) is 0 Å². The molecule has 0 unspecified atom stereocenters. The van der Waals surface area contributed by atoms with Crippen LogP contribution in [0.5, 0.6) is 0 Å². The van der Waals surface area contributed by atoms with Crippen LogP contribution in [0, 0.1) is 0 Å². The summed E-state index contributed by atoms with van der Waals surface area (Å²) in [6.45, 7) is 5.58. The molecule has 0 saturated heterocycles. The van der Waals surface area contributed by atoms with Gasteiger partial charge >= 0.3 is 0 Å². The van der Waals surface area contributed by atoms with Gasteiger partial charge < -0.3 is 0 Å². The maximum atomic E-state index is 11.7. The summed E-state index contributed by atoms with van der Waals surface area (Å²) in [6, 6.07) is 5.55. The smallest absolute Gasteiger partial charge is 0.291 e. The summed E-state index contributed by atoms with van der Waals surface area (Å²) in [6.07, 6.45) is 0. The molecule has 21 heavy (non-hydrogen) atoms. The molecule has 0 aliphatic rings. The van der Waals surface area contributed by atoms with Crippen LogP contribution in [0.25, 0.3) is 11.4 Å². The van der Waals surface area contributed by atoms with Crippen LogP contribution in [0.2, 0.25) is 0 Å². The minimum Gasteiger partial charge on any atom is -0.291 e. The minimum atomic E-state index is -3.99. The molecule has 0 spiro atoms. The topological polar surface area (TPSA) is 64.8 Å². The van der Waals surface area contributed by atoms with E-state index in [2.05, 4.69) is 42.1 Å². The van der Waals surface area contributed by atoms with Gasteiger partial charge in [0.15, 0.2) is 5.82 Å². The average molecular weight is 458 g/mol. The van der Waals surface area contributed by atoms with Crippen molar-refractivity contribution in [3.63, 3.8) is 0 Å². The largest absolute Gasteiger partial charge is 0.296 e. The molecule has 0 aliphatic carbocycles. The van der Waals surface area contributed by atoms with Gasteiger partial charge in [0, 0.05) is 30.7 Å². The molecule has 1 heterocycles. The zero-order chi connectivity index (χ0) is 16.0. The van der Waals surface area contributed by atoms with E-state index in [0.717, 1.165) is 14.5 Å². The van der Waals surface area contributed by atoms with E-state index in [1.807, 2.05) is 39.0 Å². The number of hydrogen-bond donors (Lipinski definition) is 0. The summed E-state index contributed by atoms with van der Waals surface area (Å²) in [5, 5.41) is 7.50. The van der Waals surface area contributed by atoms with Crippen molar-refractivity contribution < 1.29 is 8.42 Å². The fourth-order valence-electron chi connectivity index (χ4n) is 1.90. The highest BCUT2D eigenvalue weighted by atomic mass is 79.9. The Balaban J connectivity index is 2.79. The van der Waals surface area contributed by atoms with Gasteiger partial charge in [0.25, 0.3) is 14.2 Å². The summed E-state index contributed by atoms with van der Waals surface area (Å²) in [7, 11) is 1.48. The lowest BCUT2D eigenvalue weighted by Gasteiger charge is -2.24. The van der Waals surface area contributed by atoms with Crippen molar-refractivity contribution in [1.82, 2.24) is 14.8 Å². The summed E-state index contributed by atoms with van der Waals surface area (Å²) in [4.78, 5) is 0. The predicted molar refractivity (Wildman–Crippen MR) is 88.9 cm³/mol.